The zero-order chi connectivity index (χ0) is 13.1. The zero-order valence-electron chi connectivity index (χ0n) is 10.3. The number of carboxylic acids is 1. The molecule has 0 aliphatic carbocycles. The van der Waals surface area contributed by atoms with E-state index in [2.05, 4.69) is 5.10 Å². The minimum absolute atomic E-state index is 0.128. The Morgan fingerprint density at radius 2 is 2.06 bits per heavy atom. The van der Waals surface area contributed by atoms with Gasteiger partial charge in [-0.3, -0.25) is 9.48 Å². The fourth-order valence-electron chi connectivity index (χ4n) is 1.79. The second kappa shape index (κ2) is 4.91. The molecule has 1 aromatic heterocycles. The van der Waals surface area contributed by atoms with Gasteiger partial charge in [0.2, 0.25) is 0 Å². The second-order valence-electron chi connectivity index (χ2n) is 3.95. The Morgan fingerprint density at radius 3 is 2.61 bits per heavy atom. The molecule has 94 valence electrons. The third-order valence-electron chi connectivity index (χ3n) is 2.64. The van der Waals surface area contributed by atoms with E-state index in [1.165, 1.54) is 4.68 Å². The number of rotatable bonds is 4. The lowest BCUT2D eigenvalue weighted by Gasteiger charge is -2.01. The first-order valence-corrected chi connectivity index (χ1v) is 5.50. The van der Waals surface area contributed by atoms with Gasteiger partial charge in [0.25, 0.3) is 0 Å². The maximum Gasteiger partial charge on any atom is 0.325 e. The van der Waals surface area contributed by atoms with Gasteiger partial charge in [-0.15, -0.1) is 0 Å². The quantitative estimate of drug-likeness (QED) is 0.895. The molecule has 0 radical (unpaired) electrons. The molecule has 0 amide bonds. The molecule has 1 heterocycles. The summed E-state index contributed by atoms with van der Waals surface area (Å²) < 4.78 is 6.52. The van der Waals surface area contributed by atoms with Crippen molar-refractivity contribution in [3.63, 3.8) is 0 Å². The predicted molar refractivity (Wildman–Crippen MR) is 66.6 cm³/mol. The van der Waals surface area contributed by atoms with Crippen LogP contribution < -0.4 is 4.74 Å². The maximum atomic E-state index is 10.6. The van der Waals surface area contributed by atoms with Crippen LogP contribution in [0.4, 0.5) is 0 Å². The number of nitrogens with zero attached hydrogens (tertiary/aromatic N) is 2. The molecular weight excluding hydrogens is 232 g/mol. The van der Waals surface area contributed by atoms with E-state index in [-0.39, 0.29) is 6.54 Å². The molecule has 5 heteroatoms. The highest BCUT2D eigenvalue weighted by Crippen LogP contribution is 2.24. The van der Waals surface area contributed by atoms with E-state index in [9.17, 15) is 4.79 Å². The number of carboxylic acid groups (broad SMARTS) is 1. The third kappa shape index (κ3) is 2.51. The van der Waals surface area contributed by atoms with Crippen LogP contribution in [0.2, 0.25) is 0 Å². The number of benzene rings is 1. The number of aryl methyl sites for hydroxylation is 1. The molecule has 18 heavy (non-hydrogen) atoms. The summed E-state index contributed by atoms with van der Waals surface area (Å²) in [4.78, 5) is 10.6. The summed E-state index contributed by atoms with van der Waals surface area (Å²) >= 11 is 0. The summed E-state index contributed by atoms with van der Waals surface area (Å²) in [6, 6.07) is 7.58. The van der Waals surface area contributed by atoms with Gasteiger partial charge in [-0.2, -0.15) is 5.10 Å². The van der Waals surface area contributed by atoms with Gasteiger partial charge in [-0.05, 0) is 24.6 Å². The number of aromatic nitrogens is 2. The number of aliphatic carboxylic acids is 1. The summed E-state index contributed by atoms with van der Waals surface area (Å²) in [7, 11) is 1.62. The number of hydrogen-bond donors (Lipinski definition) is 1. The van der Waals surface area contributed by atoms with Crippen LogP contribution in [0.1, 0.15) is 5.69 Å². The van der Waals surface area contributed by atoms with Gasteiger partial charge in [0, 0.05) is 11.8 Å². The van der Waals surface area contributed by atoms with Crippen LogP contribution in [-0.4, -0.2) is 28.0 Å². The normalized spacial score (nSPS) is 10.3. The van der Waals surface area contributed by atoms with Gasteiger partial charge < -0.3 is 9.84 Å². The highest BCUT2D eigenvalue weighted by molar-refractivity contribution is 5.68. The van der Waals surface area contributed by atoms with Crippen molar-refractivity contribution in [2.75, 3.05) is 7.11 Å². The molecule has 1 N–H and O–H groups in total. The van der Waals surface area contributed by atoms with Crippen LogP contribution in [0, 0.1) is 6.92 Å². The monoisotopic (exact) mass is 246 g/mol. The largest absolute Gasteiger partial charge is 0.497 e. The van der Waals surface area contributed by atoms with Crippen LogP contribution >= 0.6 is 0 Å². The van der Waals surface area contributed by atoms with Gasteiger partial charge in [-0.25, -0.2) is 0 Å². The van der Waals surface area contributed by atoms with Crippen molar-refractivity contribution in [2.24, 2.45) is 0 Å². The Kier molecular flexibility index (Phi) is 3.32. The first kappa shape index (κ1) is 12.2. The molecule has 0 saturated heterocycles. The van der Waals surface area contributed by atoms with Crippen molar-refractivity contribution in [1.29, 1.82) is 0 Å². The molecule has 0 spiro atoms. The summed E-state index contributed by atoms with van der Waals surface area (Å²) in [5.41, 5.74) is 2.73. The smallest absolute Gasteiger partial charge is 0.325 e. The predicted octanol–water partition coefficient (Wildman–Crippen LogP) is 1.95. The van der Waals surface area contributed by atoms with Gasteiger partial charge in [-0.1, -0.05) is 12.1 Å². The van der Waals surface area contributed by atoms with Crippen LogP contribution in [0.25, 0.3) is 11.1 Å². The number of ether oxygens (including phenoxy) is 1. The topological polar surface area (TPSA) is 64.3 Å². The summed E-state index contributed by atoms with van der Waals surface area (Å²) in [6.07, 6.45) is 1.74. The first-order valence-electron chi connectivity index (χ1n) is 5.50. The zero-order valence-corrected chi connectivity index (χ0v) is 10.3. The first-order chi connectivity index (χ1) is 8.60. The molecule has 2 rings (SSSR count). The Labute approximate surface area is 105 Å². The summed E-state index contributed by atoms with van der Waals surface area (Å²) in [5.74, 6) is -0.117. The SMILES string of the molecule is COc1ccc(-c2cn(CC(=O)O)nc2C)cc1. The fourth-order valence-corrected chi connectivity index (χ4v) is 1.79. The highest BCUT2D eigenvalue weighted by atomic mass is 16.5. The van der Waals surface area contributed by atoms with Gasteiger partial charge in [0.05, 0.1) is 12.8 Å². The van der Waals surface area contributed by atoms with E-state index in [0.717, 1.165) is 22.6 Å². The lowest BCUT2D eigenvalue weighted by Crippen LogP contribution is -2.08. The third-order valence-corrected chi connectivity index (χ3v) is 2.64. The number of carbonyl (C=O) groups is 1. The molecular formula is C13H14N2O3. The lowest BCUT2D eigenvalue weighted by molar-refractivity contribution is -0.137. The molecule has 0 unspecified atom stereocenters. The standard InChI is InChI=1S/C13H14N2O3/c1-9-12(7-15(14-9)8-13(16)17)10-3-5-11(18-2)6-4-10/h3-7H,8H2,1-2H3,(H,16,17). The Morgan fingerprint density at radius 1 is 1.39 bits per heavy atom. The molecule has 1 aromatic carbocycles. The number of hydrogen-bond acceptors (Lipinski definition) is 3. The fraction of sp³-hybridized carbons (Fsp3) is 0.231. The van der Waals surface area contributed by atoms with Gasteiger partial charge in [0.15, 0.2) is 0 Å². The van der Waals surface area contributed by atoms with Gasteiger partial charge >= 0.3 is 5.97 Å². The summed E-state index contributed by atoms with van der Waals surface area (Å²) in [6.45, 7) is 1.73. The molecule has 0 aliphatic rings. The average Bonchev–Trinajstić information content (AvgIpc) is 2.69. The van der Waals surface area contributed by atoms with Crippen molar-refractivity contribution in [1.82, 2.24) is 9.78 Å². The van der Waals surface area contributed by atoms with E-state index in [4.69, 9.17) is 9.84 Å². The number of methoxy groups -OCH3 is 1. The van der Waals surface area contributed by atoms with E-state index >= 15 is 0 Å². The molecule has 0 aliphatic heterocycles. The van der Waals surface area contributed by atoms with Crippen molar-refractivity contribution >= 4 is 5.97 Å². The Hall–Kier alpha value is -2.30. The van der Waals surface area contributed by atoms with E-state index in [1.807, 2.05) is 31.2 Å². The van der Waals surface area contributed by atoms with Crippen molar-refractivity contribution in [2.45, 2.75) is 13.5 Å². The Bertz CT molecular complexity index is 558. The summed E-state index contributed by atoms with van der Waals surface area (Å²) in [5, 5.41) is 12.9. The average molecular weight is 246 g/mol. The lowest BCUT2D eigenvalue weighted by atomic mass is 10.1. The van der Waals surface area contributed by atoms with Crippen LogP contribution in [0.3, 0.4) is 0 Å². The van der Waals surface area contributed by atoms with Crippen molar-refractivity contribution < 1.29 is 14.6 Å². The van der Waals surface area contributed by atoms with Crippen molar-refractivity contribution in [3.8, 4) is 16.9 Å². The Balaban J connectivity index is 2.31. The molecule has 0 bridgehead atoms. The highest BCUT2D eigenvalue weighted by Gasteiger charge is 2.09. The molecule has 5 nitrogen and oxygen atoms in total. The van der Waals surface area contributed by atoms with Crippen LogP contribution in [0.5, 0.6) is 5.75 Å². The van der Waals surface area contributed by atoms with Gasteiger partial charge in [0.1, 0.15) is 12.3 Å². The minimum atomic E-state index is -0.904. The van der Waals surface area contributed by atoms with Crippen LogP contribution in [0.15, 0.2) is 30.5 Å². The maximum absolute atomic E-state index is 10.6. The molecule has 0 atom stereocenters. The van der Waals surface area contributed by atoms with E-state index in [0.29, 0.717) is 0 Å². The molecule has 0 saturated carbocycles. The molecule has 0 fully saturated rings. The van der Waals surface area contributed by atoms with E-state index < -0.39 is 5.97 Å². The second-order valence-corrected chi connectivity index (χ2v) is 3.95. The minimum Gasteiger partial charge on any atom is -0.497 e. The molecule has 2 aromatic rings. The van der Waals surface area contributed by atoms with E-state index in [1.54, 1.807) is 13.3 Å². The van der Waals surface area contributed by atoms with Crippen molar-refractivity contribution in [3.05, 3.63) is 36.2 Å². The van der Waals surface area contributed by atoms with Crippen LogP contribution in [-0.2, 0) is 11.3 Å².